The highest BCUT2D eigenvalue weighted by Crippen LogP contribution is 2.24. The minimum Gasteiger partial charge on any atom is -0.483 e. The lowest BCUT2D eigenvalue weighted by molar-refractivity contribution is 0.336. The molecule has 0 N–H and O–H groups in total. The molecule has 2 atom stereocenters. The number of hydrogen-bond donors (Lipinski definition) is 0. The molecule has 4 heteroatoms. The highest BCUT2D eigenvalue weighted by molar-refractivity contribution is 5.95. The molecule has 0 aromatic carbocycles. The normalized spacial score (nSPS) is 20.9. The molecule has 0 bridgehead atoms. The molecule has 0 radical (unpaired) electrons. The smallest absolute Gasteiger partial charge is 0.214 e. The Kier molecular flexibility index (Phi) is 7.40. The van der Waals surface area contributed by atoms with Gasteiger partial charge < -0.3 is 9.47 Å². The van der Waals surface area contributed by atoms with Gasteiger partial charge in [-0.15, -0.1) is 5.73 Å². The van der Waals surface area contributed by atoms with Gasteiger partial charge in [-0.25, -0.2) is 9.98 Å². The predicted octanol–water partition coefficient (Wildman–Crippen LogP) is 4.16. The molecule has 0 aliphatic carbocycles. The summed E-state index contributed by atoms with van der Waals surface area (Å²) in [5, 5.41) is 0. The monoisotopic (exact) mass is 306 g/mol. The molecule has 0 aromatic heterocycles. The number of methoxy groups -OCH3 is 2. The highest BCUT2D eigenvalue weighted by atomic mass is 16.5. The molecule has 1 heterocycles. The fraction of sp³-hybridized carbons (Fsp3) is 0.722. The molecule has 1 aliphatic rings. The van der Waals surface area contributed by atoms with Gasteiger partial charge in [0.2, 0.25) is 11.8 Å². The minimum atomic E-state index is -0.212. The molecule has 0 fully saturated rings. The lowest BCUT2D eigenvalue weighted by Crippen LogP contribution is -2.38. The largest absolute Gasteiger partial charge is 0.483 e. The van der Waals surface area contributed by atoms with Gasteiger partial charge in [-0.3, -0.25) is 0 Å². The van der Waals surface area contributed by atoms with Crippen LogP contribution in [0.15, 0.2) is 26.9 Å². The van der Waals surface area contributed by atoms with E-state index in [0.29, 0.717) is 17.7 Å². The zero-order chi connectivity index (χ0) is 16.7. The second-order valence-electron chi connectivity index (χ2n) is 6.19. The lowest BCUT2D eigenvalue weighted by atomic mass is 9.97. The van der Waals surface area contributed by atoms with Gasteiger partial charge in [0, 0.05) is 5.57 Å². The Hall–Kier alpha value is -1.54. The highest BCUT2D eigenvalue weighted by Gasteiger charge is 2.32. The van der Waals surface area contributed by atoms with Crippen LogP contribution in [0, 0.1) is 5.92 Å². The van der Waals surface area contributed by atoms with Crippen LogP contribution in [0.25, 0.3) is 0 Å². The molecule has 1 aliphatic heterocycles. The zero-order valence-electron chi connectivity index (χ0n) is 15.1. The van der Waals surface area contributed by atoms with E-state index in [4.69, 9.17) is 19.5 Å². The van der Waals surface area contributed by atoms with Gasteiger partial charge in [0.05, 0.1) is 14.2 Å². The average molecular weight is 306 g/mol. The fourth-order valence-electron chi connectivity index (χ4n) is 2.48. The van der Waals surface area contributed by atoms with Crippen molar-refractivity contribution in [3.63, 3.8) is 0 Å². The van der Waals surface area contributed by atoms with Crippen molar-refractivity contribution in [1.82, 2.24) is 0 Å². The van der Waals surface area contributed by atoms with Crippen molar-refractivity contribution in [2.45, 2.75) is 66.0 Å². The van der Waals surface area contributed by atoms with Gasteiger partial charge >= 0.3 is 0 Å². The number of ether oxygens (including phenoxy) is 2. The van der Waals surface area contributed by atoms with Crippen LogP contribution < -0.4 is 0 Å². The lowest BCUT2D eigenvalue weighted by Gasteiger charge is -2.27. The Bertz CT molecular complexity index is 493. The Balaban J connectivity index is 3.27. The first-order chi connectivity index (χ1) is 10.4. The molecular formula is C18H30N2O2. The van der Waals surface area contributed by atoms with Gasteiger partial charge in [0.25, 0.3) is 0 Å². The van der Waals surface area contributed by atoms with E-state index >= 15 is 0 Å². The standard InChI is InChI=1S/C18H30N2O2/c1-8-9-10-14(11-12(2)3)16-18(22-7)19-15(13(4)5)17(20-16)21-6/h13,15-16H,8-10H2,1-7H3/t15-,16+/m0/s1. The average Bonchev–Trinajstić information content (AvgIpc) is 2.49. The molecule has 0 unspecified atom stereocenters. The van der Waals surface area contributed by atoms with Crippen molar-refractivity contribution < 1.29 is 9.47 Å². The van der Waals surface area contributed by atoms with Gasteiger partial charge in [-0.1, -0.05) is 27.2 Å². The molecule has 22 heavy (non-hydrogen) atoms. The first kappa shape index (κ1) is 18.5. The van der Waals surface area contributed by atoms with Crippen LogP contribution in [0.3, 0.4) is 0 Å². The quantitative estimate of drug-likeness (QED) is 0.716. The Morgan fingerprint density at radius 3 is 2.23 bits per heavy atom. The molecule has 0 saturated heterocycles. The van der Waals surface area contributed by atoms with E-state index in [0.717, 1.165) is 30.4 Å². The van der Waals surface area contributed by atoms with Crippen LogP contribution in [-0.4, -0.2) is 38.1 Å². The summed E-state index contributed by atoms with van der Waals surface area (Å²) in [4.78, 5) is 9.53. The van der Waals surface area contributed by atoms with Gasteiger partial charge in [0.1, 0.15) is 6.04 Å². The van der Waals surface area contributed by atoms with Gasteiger partial charge in [-0.2, -0.15) is 0 Å². The maximum absolute atomic E-state index is 5.54. The van der Waals surface area contributed by atoms with E-state index in [1.165, 1.54) is 0 Å². The van der Waals surface area contributed by atoms with E-state index < -0.39 is 0 Å². The summed E-state index contributed by atoms with van der Waals surface area (Å²) < 4.78 is 11.0. The summed E-state index contributed by atoms with van der Waals surface area (Å²) in [7, 11) is 3.32. The van der Waals surface area contributed by atoms with E-state index in [-0.39, 0.29) is 12.1 Å². The third kappa shape index (κ3) is 4.74. The van der Waals surface area contributed by atoms with Gasteiger partial charge in [0.15, 0.2) is 6.04 Å². The fourth-order valence-corrected chi connectivity index (χ4v) is 2.48. The van der Waals surface area contributed by atoms with E-state index in [9.17, 15) is 0 Å². The topological polar surface area (TPSA) is 43.2 Å². The van der Waals surface area contributed by atoms with Crippen molar-refractivity contribution in [2.24, 2.45) is 15.9 Å². The first-order valence-corrected chi connectivity index (χ1v) is 8.10. The number of hydrogen-bond acceptors (Lipinski definition) is 4. The number of unbranched alkanes of at least 4 members (excludes halogenated alkanes) is 1. The van der Waals surface area contributed by atoms with Crippen molar-refractivity contribution in [3.8, 4) is 0 Å². The first-order valence-electron chi connectivity index (χ1n) is 8.10. The van der Waals surface area contributed by atoms with Crippen LogP contribution >= 0.6 is 0 Å². The van der Waals surface area contributed by atoms with E-state index in [1.54, 1.807) is 14.2 Å². The van der Waals surface area contributed by atoms with Gasteiger partial charge in [-0.05, 0) is 38.2 Å². The third-order valence-corrected chi connectivity index (χ3v) is 3.60. The van der Waals surface area contributed by atoms with Crippen LogP contribution in [0.1, 0.15) is 53.9 Å². The molecule has 0 aromatic rings. The van der Waals surface area contributed by atoms with Crippen LogP contribution in [0.2, 0.25) is 0 Å². The SMILES string of the molecule is CCCCC(=C=C(C)C)[C@H]1N=C(OC)[C@H](C(C)C)N=C1OC. The Morgan fingerprint density at radius 2 is 1.77 bits per heavy atom. The molecule has 124 valence electrons. The van der Waals surface area contributed by atoms with Crippen molar-refractivity contribution in [3.05, 3.63) is 16.9 Å². The van der Waals surface area contributed by atoms with E-state index in [2.05, 4.69) is 40.3 Å². The molecular weight excluding hydrogens is 276 g/mol. The number of nitrogens with zero attached hydrogens (tertiary/aromatic N) is 2. The summed E-state index contributed by atoms with van der Waals surface area (Å²) >= 11 is 0. The molecule has 1 rings (SSSR count). The zero-order valence-corrected chi connectivity index (χ0v) is 15.1. The number of aliphatic imine (C=N–C) groups is 2. The van der Waals surface area contributed by atoms with Crippen LogP contribution in [-0.2, 0) is 9.47 Å². The second-order valence-corrected chi connectivity index (χ2v) is 6.19. The summed E-state index contributed by atoms with van der Waals surface area (Å²) in [6.45, 7) is 10.5. The van der Waals surface area contributed by atoms with Crippen molar-refractivity contribution in [1.29, 1.82) is 0 Å². The van der Waals surface area contributed by atoms with E-state index in [1.807, 2.05) is 0 Å². The molecule has 0 spiro atoms. The summed E-state index contributed by atoms with van der Waals surface area (Å²) in [6.07, 6.45) is 3.19. The third-order valence-electron chi connectivity index (χ3n) is 3.60. The Labute approximate surface area is 135 Å². The Morgan fingerprint density at radius 1 is 1.14 bits per heavy atom. The summed E-state index contributed by atoms with van der Waals surface area (Å²) in [6, 6.07) is -0.285. The van der Waals surface area contributed by atoms with Crippen molar-refractivity contribution in [2.75, 3.05) is 14.2 Å². The minimum absolute atomic E-state index is 0.0738. The summed E-state index contributed by atoms with van der Waals surface area (Å²) in [5.74, 6) is 1.67. The molecule has 0 amide bonds. The number of rotatable bonds is 5. The molecule has 0 saturated carbocycles. The maximum Gasteiger partial charge on any atom is 0.214 e. The van der Waals surface area contributed by atoms with Crippen molar-refractivity contribution >= 4 is 11.8 Å². The molecule has 4 nitrogen and oxygen atoms in total. The van der Waals surface area contributed by atoms with Crippen LogP contribution in [0.4, 0.5) is 0 Å². The summed E-state index contributed by atoms with van der Waals surface area (Å²) in [5.41, 5.74) is 5.71. The second kappa shape index (κ2) is 8.79. The predicted molar refractivity (Wildman–Crippen MR) is 92.7 cm³/mol. The van der Waals surface area contributed by atoms with Crippen LogP contribution in [0.5, 0.6) is 0 Å². The maximum atomic E-state index is 5.54.